The first kappa shape index (κ1) is 24.2. The average Bonchev–Trinajstić information content (AvgIpc) is 2.76. The molecule has 6 heteroatoms. The smallest absolute Gasteiger partial charge is 0.251 e. The minimum atomic E-state index is -0.518. The van der Waals surface area contributed by atoms with Crippen LogP contribution >= 0.6 is 0 Å². The lowest BCUT2D eigenvalue weighted by molar-refractivity contribution is -0.135. The molecule has 1 fully saturated rings. The lowest BCUT2D eigenvalue weighted by atomic mass is 9.96. The van der Waals surface area contributed by atoms with Crippen LogP contribution in [0.15, 0.2) is 24.3 Å². The highest BCUT2D eigenvalue weighted by Crippen LogP contribution is 2.19. The fourth-order valence-corrected chi connectivity index (χ4v) is 3.88. The van der Waals surface area contributed by atoms with E-state index < -0.39 is 6.04 Å². The second kappa shape index (κ2) is 11.9. The van der Waals surface area contributed by atoms with Crippen molar-refractivity contribution in [3.8, 4) is 0 Å². The molecular formula is C24H39N3O3. The molecule has 1 aliphatic heterocycles. The van der Waals surface area contributed by atoms with Crippen LogP contribution < -0.4 is 10.2 Å². The van der Waals surface area contributed by atoms with Crippen molar-refractivity contribution >= 4 is 17.5 Å². The zero-order valence-electron chi connectivity index (χ0n) is 19.1. The number of benzene rings is 1. The van der Waals surface area contributed by atoms with Crippen molar-refractivity contribution in [2.24, 2.45) is 11.8 Å². The van der Waals surface area contributed by atoms with Gasteiger partial charge in [-0.15, -0.1) is 0 Å². The van der Waals surface area contributed by atoms with Crippen molar-refractivity contribution in [3.63, 3.8) is 0 Å². The molecule has 2 rings (SSSR count). The Hall–Kier alpha value is -2.08. The number of aliphatic hydroxyl groups excluding tert-OH is 1. The number of hydrogen-bond acceptors (Lipinski definition) is 4. The van der Waals surface area contributed by atoms with Gasteiger partial charge < -0.3 is 20.2 Å². The van der Waals surface area contributed by atoms with Crippen molar-refractivity contribution in [2.75, 3.05) is 38.2 Å². The molecule has 1 aromatic carbocycles. The highest BCUT2D eigenvalue weighted by Gasteiger charge is 2.29. The van der Waals surface area contributed by atoms with E-state index in [4.69, 9.17) is 0 Å². The molecule has 6 nitrogen and oxygen atoms in total. The van der Waals surface area contributed by atoms with Crippen LogP contribution in [0.2, 0.25) is 0 Å². The molecule has 0 spiro atoms. The van der Waals surface area contributed by atoms with Gasteiger partial charge >= 0.3 is 0 Å². The van der Waals surface area contributed by atoms with E-state index in [0.29, 0.717) is 31.0 Å². The van der Waals surface area contributed by atoms with Crippen molar-refractivity contribution in [1.29, 1.82) is 0 Å². The van der Waals surface area contributed by atoms with Crippen LogP contribution in [-0.2, 0) is 4.79 Å². The zero-order chi connectivity index (χ0) is 22.1. The molecule has 1 aliphatic rings. The number of unbranched alkanes of at least 4 members (excludes halogenated alkanes) is 1. The van der Waals surface area contributed by atoms with Crippen molar-refractivity contribution < 1.29 is 14.7 Å². The lowest BCUT2D eigenvalue weighted by Crippen LogP contribution is -2.51. The van der Waals surface area contributed by atoms with E-state index in [9.17, 15) is 14.7 Å². The monoisotopic (exact) mass is 417 g/mol. The highest BCUT2D eigenvalue weighted by atomic mass is 16.3. The Morgan fingerprint density at radius 1 is 1.20 bits per heavy atom. The summed E-state index contributed by atoms with van der Waals surface area (Å²) in [6.45, 7) is 8.75. The van der Waals surface area contributed by atoms with E-state index in [1.807, 2.05) is 29.2 Å². The summed E-state index contributed by atoms with van der Waals surface area (Å²) in [5.74, 6) is 0.358. The number of nitrogens with one attached hydrogen (secondary N) is 1. The minimum absolute atomic E-state index is 0.00985. The molecule has 0 saturated carbocycles. The van der Waals surface area contributed by atoms with E-state index in [1.165, 1.54) is 0 Å². The molecule has 1 aromatic rings. The van der Waals surface area contributed by atoms with Gasteiger partial charge in [-0.3, -0.25) is 9.59 Å². The predicted octanol–water partition coefficient (Wildman–Crippen LogP) is 3.30. The Labute approximate surface area is 181 Å². The van der Waals surface area contributed by atoms with E-state index in [1.54, 1.807) is 0 Å². The van der Waals surface area contributed by atoms with Gasteiger partial charge in [-0.25, -0.2) is 0 Å². The number of aliphatic hydroxyl groups is 1. The van der Waals surface area contributed by atoms with Gasteiger partial charge in [-0.2, -0.15) is 0 Å². The number of nitrogens with zero attached hydrogens (tertiary/aromatic N) is 2. The maximum atomic E-state index is 13.1. The van der Waals surface area contributed by atoms with Gasteiger partial charge in [0.2, 0.25) is 5.91 Å². The third-order valence-corrected chi connectivity index (χ3v) is 5.91. The summed E-state index contributed by atoms with van der Waals surface area (Å²) in [5, 5.41) is 12.3. The van der Waals surface area contributed by atoms with Crippen LogP contribution in [0.5, 0.6) is 0 Å². The van der Waals surface area contributed by atoms with Crippen LogP contribution in [0, 0.1) is 11.8 Å². The first-order valence-corrected chi connectivity index (χ1v) is 11.4. The fourth-order valence-electron chi connectivity index (χ4n) is 3.88. The summed E-state index contributed by atoms with van der Waals surface area (Å²) < 4.78 is 0. The number of rotatable bonds is 10. The van der Waals surface area contributed by atoms with E-state index in [0.717, 1.165) is 37.9 Å². The average molecular weight is 418 g/mol. The maximum absolute atomic E-state index is 13.1. The zero-order valence-corrected chi connectivity index (χ0v) is 19.1. The predicted molar refractivity (Wildman–Crippen MR) is 122 cm³/mol. The molecule has 0 bridgehead atoms. The molecule has 1 unspecified atom stereocenters. The summed E-state index contributed by atoms with van der Waals surface area (Å²) in [6, 6.07) is 7.07. The first-order chi connectivity index (χ1) is 14.3. The third-order valence-electron chi connectivity index (χ3n) is 5.91. The molecule has 1 heterocycles. The largest absolute Gasteiger partial charge is 0.396 e. The van der Waals surface area contributed by atoms with Crippen LogP contribution in [0.1, 0.15) is 63.2 Å². The van der Waals surface area contributed by atoms with Gasteiger partial charge in [0, 0.05) is 44.5 Å². The summed E-state index contributed by atoms with van der Waals surface area (Å²) in [6.07, 6.45) is 4.53. The molecule has 1 atom stereocenters. The van der Waals surface area contributed by atoms with Gasteiger partial charge in [0.1, 0.15) is 6.04 Å². The molecular weight excluding hydrogens is 378 g/mol. The van der Waals surface area contributed by atoms with Gasteiger partial charge in [0.25, 0.3) is 5.91 Å². The summed E-state index contributed by atoms with van der Waals surface area (Å²) in [5.41, 5.74) is 1.66. The molecule has 0 aromatic heterocycles. The van der Waals surface area contributed by atoms with Crippen molar-refractivity contribution in [2.45, 2.75) is 58.9 Å². The van der Waals surface area contributed by atoms with Crippen LogP contribution in [0.25, 0.3) is 0 Å². The molecule has 1 saturated heterocycles. The number of carbonyl (C=O) groups excluding carboxylic acids is 2. The lowest BCUT2D eigenvalue weighted by Gasteiger charge is -2.34. The molecule has 0 radical (unpaired) electrons. The topological polar surface area (TPSA) is 72.9 Å². The molecule has 2 amide bonds. The number of amides is 2. The van der Waals surface area contributed by atoms with Gasteiger partial charge in [-0.05, 0) is 61.8 Å². The summed E-state index contributed by atoms with van der Waals surface area (Å²) in [4.78, 5) is 30.0. The number of likely N-dealkylation sites (tertiary alicyclic amines) is 1. The SMILES string of the molecule is CCCCN(C)c1ccc(C(=O)NC(CC(C)C)C(=O)N2CCC(CO)CC2)cc1. The Kier molecular flexibility index (Phi) is 9.63. The number of anilines is 1. The Balaban J connectivity index is 2.01. The van der Waals surface area contributed by atoms with Gasteiger partial charge in [-0.1, -0.05) is 27.2 Å². The van der Waals surface area contributed by atoms with Crippen LogP contribution in [0.3, 0.4) is 0 Å². The second-order valence-electron chi connectivity index (χ2n) is 8.93. The highest BCUT2D eigenvalue weighted by molar-refractivity contribution is 5.97. The summed E-state index contributed by atoms with van der Waals surface area (Å²) in [7, 11) is 2.06. The van der Waals surface area contributed by atoms with Crippen LogP contribution in [0.4, 0.5) is 5.69 Å². The van der Waals surface area contributed by atoms with Crippen LogP contribution in [-0.4, -0.2) is 61.2 Å². The number of piperidine rings is 1. The van der Waals surface area contributed by atoms with E-state index in [2.05, 4.69) is 38.0 Å². The molecule has 2 N–H and O–H groups in total. The molecule has 168 valence electrons. The van der Waals surface area contributed by atoms with Gasteiger partial charge in [0.05, 0.1) is 0 Å². The quantitative estimate of drug-likeness (QED) is 0.613. The van der Waals surface area contributed by atoms with Crippen molar-refractivity contribution in [1.82, 2.24) is 10.2 Å². The van der Waals surface area contributed by atoms with Gasteiger partial charge in [0.15, 0.2) is 0 Å². The van der Waals surface area contributed by atoms with Crippen molar-refractivity contribution in [3.05, 3.63) is 29.8 Å². The molecule has 30 heavy (non-hydrogen) atoms. The Morgan fingerprint density at radius 3 is 2.37 bits per heavy atom. The number of hydrogen-bond donors (Lipinski definition) is 2. The molecule has 0 aliphatic carbocycles. The fraction of sp³-hybridized carbons (Fsp3) is 0.667. The second-order valence-corrected chi connectivity index (χ2v) is 8.93. The Morgan fingerprint density at radius 2 is 1.83 bits per heavy atom. The normalized spacial score (nSPS) is 15.9. The third kappa shape index (κ3) is 7.01. The van der Waals surface area contributed by atoms with E-state index in [-0.39, 0.29) is 24.3 Å². The summed E-state index contributed by atoms with van der Waals surface area (Å²) >= 11 is 0. The maximum Gasteiger partial charge on any atom is 0.251 e. The number of carbonyl (C=O) groups is 2. The minimum Gasteiger partial charge on any atom is -0.396 e. The Bertz CT molecular complexity index is 667. The van der Waals surface area contributed by atoms with E-state index >= 15 is 0 Å². The standard InChI is InChI=1S/C24H39N3O3/c1-5-6-13-26(4)21-9-7-20(8-10-21)23(29)25-22(16-18(2)3)24(30)27-14-11-19(17-28)12-15-27/h7-10,18-19,22,28H,5-6,11-17H2,1-4H3,(H,25,29). The first-order valence-electron chi connectivity index (χ1n) is 11.4.